The van der Waals surface area contributed by atoms with Gasteiger partial charge in [-0.1, -0.05) is 11.6 Å². The van der Waals surface area contributed by atoms with E-state index in [4.69, 9.17) is 4.43 Å². The minimum Gasteiger partial charge on any atom is -0.414 e. The Kier molecular flexibility index (Phi) is 5.47. The molecular weight excluding hydrogens is 276 g/mol. The van der Waals surface area contributed by atoms with Crippen LogP contribution in [0.25, 0.3) is 0 Å². The van der Waals surface area contributed by atoms with E-state index in [1.165, 1.54) is 5.57 Å². The van der Waals surface area contributed by atoms with E-state index in [0.29, 0.717) is 0 Å². The van der Waals surface area contributed by atoms with E-state index >= 15 is 0 Å². The molecule has 2 rings (SSSR count). The van der Waals surface area contributed by atoms with Crippen molar-refractivity contribution in [2.45, 2.75) is 52.4 Å². The lowest BCUT2D eigenvalue weighted by Gasteiger charge is -2.44. The number of hydrogen-bond acceptors (Lipinski definition) is 2. The molecule has 2 nitrogen and oxygen atoms in total. The van der Waals surface area contributed by atoms with Crippen molar-refractivity contribution >= 4 is 14.1 Å². The first-order chi connectivity index (χ1) is 9.78. The van der Waals surface area contributed by atoms with Gasteiger partial charge in [0, 0.05) is 11.8 Å². The van der Waals surface area contributed by atoms with Crippen LogP contribution in [0.4, 0.5) is 0 Å². The Morgan fingerprint density at radius 1 is 1.29 bits per heavy atom. The summed E-state index contributed by atoms with van der Waals surface area (Å²) in [6, 6.07) is 0. The van der Waals surface area contributed by atoms with Crippen LogP contribution in [0, 0.1) is 43.4 Å². The van der Waals surface area contributed by atoms with Crippen LogP contribution in [0.3, 0.4) is 0 Å². The molecule has 0 N–H and O–H groups in total. The molecule has 21 heavy (non-hydrogen) atoms. The summed E-state index contributed by atoms with van der Waals surface area (Å²) in [6.45, 7) is 10.8. The maximum absolute atomic E-state index is 12.7. The highest BCUT2D eigenvalue weighted by Crippen LogP contribution is 2.45. The molecule has 0 amide bonds. The van der Waals surface area contributed by atoms with Crippen molar-refractivity contribution < 1.29 is 9.22 Å². The number of rotatable bonds is 4. The zero-order valence-corrected chi connectivity index (χ0v) is 14.8. The zero-order chi connectivity index (χ0) is 15.6. The summed E-state index contributed by atoms with van der Waals surface area (Å²) < 4.78 is 6.36. The minimum absolute atomic E-state index is 0.0520. The summed E-state index contributed by atoms with van der Waals surface area (Å²) in [4.78, 5) is 12.7. The van der Waals surface area contributed by atoms with Crippen molar-refractivity contribution in [3.63, 3.8) is 0 Å². The lowest BCUT2D eigenvalue weighted by atomic mass is 9.64. The molecule has 2 atom stereocenters. The monoisotopic (exact) mass is 302 g/mol. The zero-order valence-electron chi connectivity index (χ0n) is 13.8. The molecule has 0 bridgehead atoms. The van der Waals surface area contributed by atoms with Crippen molar-refractivity contribution in [3.05, 3.63) is 49.2 Å². The van der Waals surface area contributed by atoms with Gasteiger partial charge in [-0.3, -0.25) is 4.79 Å². The Morgan fingerprint density at radius 2 is 1.95 bits per heavy atom. The molecule has 2 aliphatic rings. The van der Waals surface area contributed by atoms with Gasteiger partial charge in [0.05, 0.1) is 12.0 Å². The molecule has 2 saturated carbocycles. The Labute approximate surface area is 131 Å². The van der Waals surface area contributed by atoms with Crippen LogP contribution < -0.4 is 0 Å². The highest BCUT2D eigenvalue weighted by atomic mass is 28.4. The van der Waals surface area contributed by atoms with Gasteiger partial charge < -0.3 is 4.43 Å². The van der Waals surface area contributed by atoms with Crippen LogP contribution in [-0.2, 0) is 9.22 Å². The second kappa shape index (κ2) is 6.78. The van der Waals surface area contributed by atoms with E-state index in [1.807, 2.05) is 19.3 Å². The fourth-order valence-corrected chi connectivity index (χ4v) is 3.91. The average molecular weight is 302 g/mol. The summed E-state index contributed by atoms with van der Waals surface area (Å²) in [5.41, 5.74) is 1.27. The van der Waals surface area contributed by atoms with Crippen LogP contribution in [-0.4, -0.2) is 20.2 Å². The van der Waals surface area contributed by atoms with E-state index in [-0.39, 0.29) is 17.8 Å². The number of fused-ring (bicyclic) bond motifs is 1. The van der Waals surface area contributed by atoms with E-state index in [9.17, 15) is 4.79 Å². The third kappa shape index (κ3) is 4.53. The number of carbonyl (C=O) groups is 1. The van der Waals surface area contributed by atoms with Gasteiger partial charge in [0.2, 0.25) is 0 Å². The second-order valence-electron chi connectivity index (χ2n) is 7.12. The van der Waals surface area contributed by atoms with Gasteiger partial charge in [-0.2, -0.15) is 0 Å². The molecule has 0 aliphatic heterocycles. The third-order valence-corrected chi connectivity index (χ3v) is 4.74. The molecule has 0 spiro atoms. The predicted molar refractivity (Wildman–Crippen MR) is 89.1 cm³/mol. The normalized spacial score (nSPS) is 28.3. The van der Waals surface area contributed by atoms with Crippen LogP contribution in [0.15, 0.2) is 11.6 Å². The standard InChI is InChI=1S/C18H26O2Si/c1-13(2)10-11-14-12-17(20-21(3,4)5)15-8-6-7-9-16(15)18(14)19/h6-10,14,17H,11-12H2,1-5H3/t14-,17-/m0/s1. The first kappa shape index (κ1) is 16.9. The quantitative estimate of drug-likeness (QED) is 0.576. The Balaban J connectivity index is 2.15. The molecule has 2 aliphatic carbocycles. The fraction of sp³-hybridized carbons (Fsp3) is 0.500. The molecule has 0 saturated heterocycles. The van der Waals surface area contributed by atoms with E-state index in [2.05, 4.69) is 46.0 Å². The Morgan fingerprint density at radius 3 is 2.57 bits per heavy atom. The molecule has 0 aromatic rings. The van der Waals surface area contributed by atoms with Gasteiger partial charge in [0.1, 0.15) is 5.78 Å². The van der Waals surface area contributed by atoms with Gasteiger partial charge in [-0.25, -0.2) is 0 Å². The van der Waals surface area contributed by atoms with Crippen molar-refractivity contribution in [3.8, 4) is 0 Å². The number of ketones is 1. The number of Topliss-reactive ketones (excluding diaryl/α,β-unsaturated/α-hetero) is 1. The molecule has 6 radical (unpaired) electrons. The Hall–Kier alpha value is -0.413. The molecule has 3 heteroatoms. The summed E-state index contributed by atoms with van der Waals surface area (Å²) in [5, 5.41) is 0. The largest absolute Gasteiger partial charge is 0.414 e. The summed E-state index contributed by atoms with van der Waals surface area (Å²) in [7, 11) is -1.64. The highest BCUT2D eigenvalue weighted by molar-refractivity contribution is 6.69. The lowest BCUT2D eigenvalue weighted by Crippen LogP contribution is -2.47. The summed E-state index contributed by atoms with van der Waals surface area (Å²) in [6.07, 6.45) is 11.8. The van der Waals surface area contributed by atoms with E-state index in [0.717, 1.165) is 24.7 Å². The molecule has 114 valence electrons. The van der Waals surface area contributed by atoms with Crippen LogP contribution >= 0.6 is 0 Å². The van der Waals surface area contributed by atoms with Crippen molar-refractivity contribution in [1.29, 1.82) is 0 Å². The predicted octanol–water partition coefficient (Wildman–Crippen LogP) is 4.13. The van der Waals surface area contributed by atoms with Gasteiger partial charge >= 0.3 is 0 Å². The fourth-order valence-electron chi connectivity index (χ4n) is 2.83. The van der Waals surface area contributed by atoms with Crippen LogP contribution in [0.2, 0.25) is 19.6 Å². The first-order valence-electron chi connectivity index (χ1n) is 7.72. The maximum atomic E-state index is 12.7. The SMILES string of the molecule is CC(C)=CC[C@H]1C[C@H](O[Si](C)(C)C)[C]2[CH][CH][CH][CH][C]2C1=O. The molecule has 0 heterocycles. The van der Waals surface area contributed by atoms with Crippen LogP contribution in [0.5, 0.6) is 0 Å². The Bertz CT molecular complexity index is 404. The number of carbonyl (C=O) groups excluding carboxylic acids is 1. The third-order valence-electron chi connectivity index (χ3n) is 3.75. The number of hydrogen-bond donors (Lipinski definition) is 0. The maximum Gasteiger partial charge on any atom is 0.184 e. The van der Waals surface area contributed by atoms with Crippen molar-refractivity contribution in [2.75, 3.05) is 0 Å². The second-order valence-corrected chi connectivity index (χ2v) is 11.6. The molecule has 0 unspecified atom stereocenters. The molecular formula is C18H26O2Si. The molecule has 0 aromatic heterocycles. The van der Waals surface area contributed by atoms with Crippen LogP contribution in [0.1, 0.15) is 26.7 Å². The molecule has 0 aromatic carbocycles. The van der Waals surface area contributed by atoms with Gasteiger partial charge in [0.25, 0.3) is 0 Å². The molecule has 2 fully saturated rings. The number of allylic oxidation sites excluding steroid dienone is 2. The van der Waals surface area contributed by atoms with Gasteiger partial charge in [0.15, 0.2) is 8.32 Å². The smallest absolute Gasteiger partial charge is 0.184 e. The lowest BCUT2D eigenvalue weighted by molar-refractivity contribution is -0.123. The van der Waals surface area contributed by atoms with Gasteiger partial charge in [-0.05, 0) is 72.0 Å². The first-order valence-corrected chi connectivity index (χ1v) is 11.1. The highest BCUT2D eigenvalue weighted by Gasteiger charge is 2.47. The van der Waals surface area contributed by atoms with Crippen molar-refractivity contribution in [2.24, 2.45) is 5.92 Å². The van der Waals surface area contributed by atoms with Gasteiger partial charge in [-0.15, -0.1) is 0 Å². The summed E-state index contributed by atoms with van der Waals surface area (Å²) >= 11 is 0. The van der Waals surface area contributed by atoms with E-state index in [1.54, 1.807) is 0 Å². The average Bonchev–Trinajstić information content (AvgIpc) is 2.39. The van der Waals surface area contributed by atoms with Crippen molar-refractivity contribution in [1.82, 2.24) is 0 Å². The minimum atomic E-state index is -1.64. The summed E-state index contributed by atoms with van der Waals surface area (Å²) in [5.74, 6) is 2.27. The topological polar surface area (TPSA) is 26.3 Å². The van der Waals surface area contributed by atoms with E-state index < -0.39 is 8.32 Å².